The average molecular weight is 324 g/mol. The number of halogens is 1. The summed E-state index contributed by atoms with van der Waals surface area (Å²) >= 11 is 3.47. The van der Waals surface area contributed by atoms with E-state index in [1.807, 2.05) is 12.1 Å². The molecule has 0 saturated carbocycles. The van der Waals surface area contributed by atoms with Crippen LogP contribution >= 0.6 is 15.9 Å². The van der Waals surface area contributed by atoms with Gasteiger partial charge in [0.05, 0.1) is 13.2 Å². The number of aromatic nitrogens is 2. The molecule has 0 bridgehead atoms. The van der Waals surface area contributed by atoms with Crippen molar-refractivity contribution >= 4 is 15.9 Å². The van der Waals surface area contributed by atoms with Crippen LogP contribution < -0.4 is 10.1 Å². The van der Waals surface area contributed by atoms with E-state index in [1.165, 1.54) is 12.0 Å². The van der Waals surface area contributed by atoms with Gasteiger partial charge in [0, 0.05) is 16.1 Å². The third-order valence-corrected chi connectivity index (χ3v) is 3.65. The molecule has 0 saturated heterocycles. The van der Waals surface area contributed by atoms with Crippen LogP contribution in [0.25, 0.3) is 0 Å². The topological polar surface area (TPSA) is 60.2 Å². The highest BCUT2D eigenvalue weighted by Crippen LogP contribution is 2.33. The Morgan fingerprint density at radius 3 is 3.21 bits per heavy atom. The van der Waals surface area contributed by atoms with Crippen LogP contribution in [0.4, 0.5) is 0 Å². The molecule has 100 valence electrons. The van der Waals surface area contributed by atoms with Gasteiger partial charge >= 0.3 is 0 Å². The summed E-state index contributed by atoms with van der Waals surface area (Å²) in [5.74, 6) is 1.61. The fourth-order valence-corrected chi connectivity index (χ4v) is 2.58. The molecule has 5 nitrogen and oxygen atoms in total. The van der Waals surface area contributed by atoms with Crippen LogP contribution in [0.2, 0.25) is 0 Å². The summed E-state index contributed by atoms with van der Waals surface area (Å²) in [6, 6.07) is 6.41. The van der Waals surface area contributed by atoms with Crippen molar-refractivity contribution in [3.8, 4) is 5.75 Å². The summed E-state index contributed by atoms with van der Waals surface area (Å²) in [5.41, 5.74) is 1.18. The smallest absolute Gasteiger partial charge is 0.213 e. The molecule has 0 fully saturated rings. The number of ether oxygens (including phenoxy) is 1. The molecular weight excluding hydrogens is 310 g/mol. The lowest BCUT2D eigenvalue weighted by molar-refractivity contribution is 0.315. The van der Waals surface area contributed by atoms with E-state index >= 15 is 0 Å². The Labute approximate surface area is 119 Å². The first-order chi connectivity index (χ1) is 9.33. The maximum Gasteiger partial charge on any atom is 0.213 e. The van der Waals surface area contributed by atoms with Crippen LogP contribution in [-0.2, 0) is 6.54 Å². The number of hydrogen-bond acceptors (Lipinski definition) is 5. The number of nitrogens with one attached hydrogen (secondary N) is 1. The van der Waals surface area contributed by atoms with Gasteiger partial charge in [-0.3, -0.25) is 0 Å². The Morgan fingerprint density at radius 1 is 1.42 bits per heavy atom. The second-order valence-electron chi connectivity index (χ2n) is 4.45. The van der Waals surface area contributed by atoms with Crippen LogP contribution in [0.15, 0.2) is 33.6 Å². The number of nitrogens with zero attached hydrogens (tertiary/aromatic N) is 2. The summed E-state index contributed by atoms with van der Waals surface area (Å²) in [4.78, 5) is 4.02. The lowest BCUT2D eigenvalue weighted by Gasteiger charge is -2.17. The highest BCUT2D eigenvalue weighted by Gasteiger charge is 2.19. The maximum atomic E-state index is 5.78. The SMILES string of the molecule is Brc1ccc2c(c1)OCCCC2NCc1ncon1. The zero-order valence-corrected chi connectivity index (χ0v) is 11.9. The molecule has 1 aromatic carbocycles. The third kappa shape index (κ3) is 2.96. The molecule has 3 rings (SSSR count). The first-order valence-electron chi connectivity index (χ1n) is 6.24. The first-order valence-corrected chi connectivity index (χ1v) is 7.03. The van der Waals surface area contributed by atoms with Gasteiger partial charge in [-0.05, 0) is 25.0 Å². The largest absolute Gasteiger partial charge is 0.493 e. The number of hydrogen-bond donors (Lipinski definition) is 1. The molecule has 1 atom stereocenters. The van der Waals surface area contributed by atoms with E-state index in [0.717, 1.165) is 29.7 Å². The van der Waals surface area contributed by atoms with Crippen molar-refractivity contribution in [1.82, 2.24) is 15.5 Å². The highest BCUT2D eigenvalue weighted by molar-refractivity contribution is 9.10. The summed E-state index contributed by atoms with van der Waals surface area (Å²) in [6.07, 6.45) is 3.40. The van der Waals surface area contributed by atoms with Crippen LogP contribution in [0.3, 0.4) is 0 Å². The minimum atomic E-state index is 0.254. The molecule has 0 radical (unpaired) electrons. The van der Waals surface area contributed by atoms with Crippen molar-refractivity contribution in [2.24, 2.45) is 0 Å². The number of rotatable bonds is 3. The van der Waals surface area contributed by atoms with Crippen LogP contribution in [0, 0.1) is 0 Å². The van der Waals surface area contributed by atoms with Gasteiger partial charge in [0.1, 0.15) is 5.75 Å². The van der Waals surface area contributed by atoms with E-state index in [0.29, 0.717) is 12.4 Å². The Kier molecular flexibility index (Phi) is 3.79. The average Bonchev–Trinajstić information content (AvgIpc) is 2.84. The number of benzene rings is 1. The Balaban J connectivity index is 1.78. The van der Waals surface area contributed by atoms with E-state index < -0.39 is 0 Å². The first kappa shape index (κ1) is 12.6. The van der Waals surface area contributed by atoms with Gasteiger partial charge in [-0.15, -0.1) is 0 Å². The standard InChI is InChI=1S/C13H14BrN3O2/c14-9-3-4-10-11(2-1-5-18-12(10)6-9)15-7-13-16-8-19-17-13/h3-4,6,8,11,15H,1-2,5,7H2. The minimum Gasteiger partial charge on any atom is -0.493 e. The Bertz CT molecular complexity index is 545. The summed E-state index contributed by atoms with van der Waals surface area (Å²) < 4.78 is 11.5. The number of fused-ring (bicyclic) bond motifs is 1. The molecule has 0 amide bonds. The molecule has 1 aliphatic rings. The van der Waals surface area contributed by atoms with E-state index in [4.69, 9.17) is 9.26 Å². The molecular formula is C13H14BrN3O2. The van der Waals surface area contributed by atoms with Gasteiger partial charge in [0.25, 0.3) is 0 Å². The maximum absolute atomic E-state index is 5.78. The van der Waals surface area contributed by atoms with Crippen molar-refractivity contribution < 1.29 is 9.26 Å². The van der Waals surface area contributed by atoms with Gasteiger partial charge < -0.3 is 14.6 Å². The van der Waals surface area contributed by atoms with Crippen LogP contribution in [0.1, 0.15) is 30.3 Å². The Morgan fingerprint density at radius 2 is 2.37 bits per heavy atom. The van der Waals surface area contributed by atoms with E-state index in [2.05, 4.69) is 37.5 Å². The predicted molar refractivity (Wildman–Crippen MR) is 72.7 cm³/mol. The molecule has 19 heavy (non-hydrogen) atoms. The molecule has 1 aliphatic heterocycles. The van der Waals surface area contributed by atoms with E-state index in [-0.39, 0.29) is 6.04 Å². The molecule has 0 aliphatic carbocycles. The van der Waals surface area contributed by atoms with Gasteiger partial charge in [0.15, 0.2) is 5.82 Å². The fraction of sp³-hybridized carbons (Fsp3) is 0.385. The van der Waals surface area contributed by atoms with Crippen LogP contribution in [0.5, 0.6) is 5.75 Å². The molecule has 1 aromatic heterocycles. The minimum absolute atomic E-state index is 0.254. The van der Waals surface area contributed by atoms with Crippen molar-refractivity contribution in [3.05, 3.63) is 40.5 Å². The second-order valence-corrected chi connectivity index (χ2v) is 5.37. The van der Waals surface area contributed by atoms with Crippen LogP contribution in [-0.4, -0.2) is 16.7 Å². The summed E-state index contributed by atoms with van der Waals surface area (Å²) in [7, 11) is 0. The lowest BCUT2D eigenvalue weighted by Crippen LogP contribution is -2.21. The van der Waals surface area contributed by atoms with Gasteiger partial charge in [-0.1, -0.05) is 27.2 Å². The molecule has 1 N–H and O–H groups in total. The van der Waals surface area contributed by atoms with Gasteiger partial charge in [-0.2, -0.15) is 4.98 Å². The fourth-order valence-electron chi connectivity index (χ4n) is 2.24. The molecule has 0 spiro atoms. The molecule has 1 unspecified atom stereocenters. The second kappa shape index (κ2) is 5.71. The van der Waals surface area contributed by atoms with Gasteiger partial charge in [-0.25, -0.2) is 0 Å². The zero-order valence-electron chi connectivity index (χ0n) is 10.3. The zero-order chi connectivity index (χ0) is 13.1. The van der Waals surface area contributed by atoms with Gasteiger partial charge in [0.2, 0.25) is 6.39 Å². The quantitative estimate of drug-likeness (QED) is 0.941. The van der Waals surface area contributed by atoms with Crippen molar-refractivity contribution in [2.75, 3.05) is 6.61 Å². The summed E-state index contributed by atoms with van der Waals surface area (Å²) in [5, 5.41) is 7.27. The predicted octanol–water partition coefficient (Wildman–Crippen LogP) is 2.84. The van der Waals surface area contributed by atoms with Crippen molar-refractivity contribution in [2.45, 2.75) is 25.4 Å². The summed E-state index contributed by atoms with van der Waals surface area (Å²) in [6.45, 7) is 1.35. The molecule has 2 aromatic rings. The van der Waals surface area contributed by atoms with E-state index in [9.17, 15) is 0 Å². The molecule has 2 heterocycles. The monoisotopic (exact) mass is 323 g/mol. The molecule has 6 heteroatoms. The Hall–Kier alpha value is -1.40. The third-order valence-electron chi connectivity index (χ3n) is 3.16. The lowest BCUT2D eigenvalue weighted by atomic mass is 10.0. The normalized spacial score (nSPS) is 18.5. The van der Waals surface area contributed by atoms with E-state index in [1.54, 1.807) is 0 Å². The van der Waals surface area contributed by atoms with Crippen molar-refractivity contribution in [3.63, 3.8) is 0 Å². The highest BCUT2D eigenvalue weighted by atomic mass is 79.9. The van der Waals surface area contributed by atoms with Crippen molar-refractivity contribution in [1.29, 1.82) is 0 Å².